The average molecular weight is 384 g/mol. The predicted molar refractivity (Wildman–Crippen MR) is 98.6 cm³/mol. The lowest BCUT2D eigenvalue weighted by molar-refractivity contribution is -0.128. The standard InChI is InChI=1S/C19H18BrN3O/c1-12(24)23-8-2-3-19(23)18-10-14-9-13(4-6-17(14)22-18)16-7-5-15(20)11-21-16/h4-7,9,11,19H,2-3,8,10H2,1H3/t19-/m0/s1. The number of aliphatic imine (C=N–C) groups is 1. The van der Waals surface area contributed by atoms with Crippen molar-refractivity contribution in [3.05, 3.63) is 46.6 Å². The zero-order valence-corrected chi connectivity index (χ0v) is 15.1. The van der Waals surface area contributed by atoms with E-state index in [9.17, 15) is 4.79 Å². The van der Waals surface area contributed by atoms with Crippen LogP contribution in [0.15, 0.2) is 46.0 Å². The lowest BCUT2D eigenvalue weighted by Gasteiger charge is -2.23. The average Bonchev–Trinajstić information content (AvgIpc) is 3.21. The van der Waals surface area contributed by atoms with Gasteiger partial charge in [0.1, 0.15) is 0 Å². The first kappa shape index (κ1) is 15.5. The highest BCUT2D eigenvalue weighted by molar-refractivity contribution is 9.10. The summed E-state index contributed by atoms with van der Waals surface area (Å²) in [5.74, 6) is 0.149. The molecule has 1 amide bonds. The minimum Gasteiger partial charge on any atom is -0.335 e. The normalized spacial score (nSPS) is 19.3. The number of fused-ring (bicyclic) bond motifs is 1. The molecule has 4 rings (SSSR count). The third-order valence-electron chi connectivity index (χ3n) is 4.78. The highest BCUT2D eigenvalue weighted by Gasteiger charge is 2.32. The Kier molecular flexibility index (Phi) is 3.96. The van der Waals surface area contributed by atoms with E-state index in [-0.39, 0.29) is 11.9 Å². The molecule has 1 atom stereocenters. The van der Waals surface area contributed by atoms with Crippen molar-refractivity contribution >= 4 is 33.2 Å². The minimum atomic E-state index is 0.149. The molecule has 1 aromatic heterocycles. The van der Waals surface area contributed by atoms with Crippen LogP contribution in [0.2, 0.25) is 0 Å². The Morgan fingerprint density at radius 2 is 2.17 bits per heavy atom. The Morgan fingerprint density at radius 3 is 2.92 bits per heavy atom. The first-order valence-electron chi connectivity index (χ1n) is 8.21. The second-order valence-electron chi connectivity index (χ2n) is 6.36. The molecule has 2 aliphatic heterocycles. The number of rotatable bonds is 2. The summed E-state index contributed by atoms with van der Waals surface area (Å²) in [4.78, 5) is 23.1. The summed E-state index contributed by atoms with van der Waals surface area (Å²) in [6.45, 7) is 2.50. The van der Waals surface area contributed by atoms with Gasteiger partial charge in [-0.2, -0.15) is 0 Å². The molecule has 24 heavy (non-hydrogen) atoms. The molecular weight excluding hydrogens is 366 g/mol. The number of benzene rings is 1. The Bertz CT molecular complexity index is 829. The number of aromatic nitrogens is 1. The number of hydrogen-bond donors (Lipinski definition) is 0. The van der Waals surface area contributed by atoms with Crippen LogP contribution in [0.1, 0.15) is 25.3 Å². The second-order valence-corrected chi connectivity index (χ2v) is 7.27. The van der Waals surface area contributed by atoms with Crippen molar-refractivity contribution < 1.29 is 4.79 Å². The number of hydrogen-bond acceptors (Lipinski definition) is 3. The first-order chi connectivity index (χ1) is 11.6. The van der Waals surface area contributed by atoms with Gasteiger partial charge in [0.05, 0.1) is 17.4 Å². The summed E-state index contributed by atoms with van der Waals surface area (Å²) in [6.07, 6.45) is 4.73. The summed E-state index contributed by atoms with van der Waals surface area (Å²) in [6, 6.07) is 10.5. The van der Waals surface area contributed by atoms with Crippen molar-refractivity contribution in [2.45, 2.75) is 32.2 Å². The van der Waals surface area contributed by atoms with E-state index in [0.29, 0.717) is 0 Å². The van der Waals surface area contributed by atoms with E-state index in [1.165, 1.54) is 5.56 Å². The van der Waals surface area contributed by atoms with Gasteiger partial charge in [0.2, 0.25) is 5.91 Å². The van der Waals surface area contributed by atoms with E-state index in [4.69, 9.17) is 4.99 Å². The van der Waals surface area contributed by atoms with Gasteiger partial charge >= 0.3 is 0 Å². The van der Waals surface area contributed by atoms with Crippen LogP contribution in [-0.4, -0.2) is 34.1 Å². The van der Waals surface area contributed by atoms with Crippen LogP contribution in [0.4, 0.5) is 5.69 Å². The fraction of sp³-hybridized carbons (Fsp3) is 0.316. The molecule has 2 aliphatic rings. The van der Waals surface area contributed by atoms with Crippen LogP contribution in [0.25, 0.3) is 11.3 Å². The third-order valence-corrected chi connectivity index (χ3v) is 5.25. The molecule has 0 radical (unpaired) electrons. The fourth-order valence-corrected chi connectivity index (χ4v) is 3.85. The van der Waals surface area contributed by atoms with Crippen molar-refractivity contribution in [1.29, 1.82) is 0 Å². The molecule has 0 N–H and O–H groups in total. The van der Waals surface area contributed by atoms with Gasteiger partial charge in [-0.3, -0.25) is 14.8 Å². The third kappa shape index (κ3) is 2.77. The van der Waals surface area contributed by atoms with Crippen molar-refractivity contribution in [2.24, 2.45) is 4.99 Å². The van der Waals surface area contributed by atoms with Crippen LogP contribution in [0.3, 0.4) is 0 Å². The van der Waals surface area contributed by atoms with Gasteiger partial charge in [-0.05, 0) is 58.6 Å². The van der Waals surface area contributed by atoms with Gasteiger partial charge in [0, 0.05) is 41.8 Å². The molecule has 1 saturated heterocycles. The summed E-state index contributed by atoms with van der Waals surface area (Å²) < 4.78 is 0.976. The quantitative estimate of drug-likeness (QED) is 0.781. The zero-order chi connectivity index (χ0) is 16.7. The minimum absolute atomic E-state index is 0.149. The largest absolute Gasteiger partial charge is 0.335 e. The molecule has 0 unspecified atom stereocenters. The van der Waals surface area contributed by atoms with Crippen molar-refractivity contribution in [3.8, 4) is 11.3 Å². The van der Waals surface area contributed by atoms with Gasteiger partial charge in [0.25, 0.3) is 0 Å². The summed E-state index contributed by atoms with van der Waals surface area (Å²) in [5.41, 5.74) is 5.44. The van der Waals surface area contributed by atoms with Crippen LogP contribution in [-0.2, 0) is 11.2 Å². The molecule has 122 valence electrons. The van der Waals surface area contributed by atoms with E-state index in [2.05, 4.69) is 39.1 Å². The number of likely N-dealkylation sites (tertiary alicyclic amines) is 1. The molecule has 0 aliphatic carbocycles. The second kappa shape index (κ2) is 6.13. The number of pyridine rings is 1. The van der Waals surface area contributed by atoms with E-state index in [1.807, 2.05) is 23.2 Å². The highest BCUT2D eigenvalue weighted by Crippen LogP contribution is 2.34. The zero-order valence-electron chi connectivity index (χ0n) is 13.5. The Hall–Kier alpha value is -2.01. The van der Waals surface area contributed by atoms with Crippen molar-refractivity contribution in [1.82, 2.24) is 9.88 Å². The van der Waals surface area contributed by atoms with E-state index < -0.39 is 0 Å². The maximum atomic E-state index is 11.8. The van der Waals surface area contributed by atoms with E-state index >= 15 is 0 Å². The summed E-state index contributed by atoms with van der Waals surface area (Å²) >= 11 is 3.42. The molecular formula is C19H18BrN3O. The van der Waals surface area contributed by atoms with Crippen molar-refractivity contribution in [2.75, 3.05) is 6.54 Å². The van der Waals surface area contributed by atoms with Gasteiger partial charge in [-0.25, -0.2) is 0 Å². The summed E-state index contributed by atoms with van der Waals surface area (Å²) in [7, 11) is 0. The van der Waals surface area contributed by atoms with Gasteiger partial charge < -0.3 is 4.90 Å². The van der Waals surface area contributed by atoms with Crippen LogP contribution < -0.4 is 0 Å². The topological polar surface area (TPSA) is 45.6 Å². The van der Waals surface area contributed by atoms with Gasteiger partial charge in [-0.15, -0.1) is 0 Å². The van der Waals surface area contributed by atoms with Crippen LogP contribution in [0.5, 0.6) is 0 Å². The molecule has 0 bridgehead atoms. The van der Waals surface area contributed by atoms with E-state index in [1.54, 1.807) is 6.92 Å². The molecule has 0 saturated carbocycles. The van der Waals surface area contributed by atoms with E-state index in [0.717, 1.165) is 52.9 Å². The predicted octanol–water partition coefficient (Wildman–Crippen LogP) is 4.15. The maximum Gasteiger partial charge on any atom is 0.219 e. The smallest absolute Gasteiger partial charge is 0.219 e. The molecule has 3 heterocycles. The van der Waals surface area contributed by atoms with Crippen molar-refractivity contribution in [3.63, 3.8) is 0 Å². The highest BCUT2D eigenvalue weighted by atomic mass is 79.9. The van der Waals surface area contributed by atoms with Gasteiger partial charge in [0.15, 0.2) is 0 Å². The molecule has 5 heteroatoms. The Balaban J connectivity index is 1.59. The number of carbonyl (C=O) groups is 1. The lowest BCUT2D eigenvalue weighted by atomic mass is 10.0. The van der Waals surface area contributed by atoms with Crippen LogP contribution in [0, 0.1) is 0 Å². The fourth-order valence-electron chi connectivity index (χ4n) is 3.61. The summed E-state index contributed by atoms with van der Waals surface area (Å²) in [5, 5.41) is 0. The Labute approximate surface area is 149 Å². The number of halogens is 1. The monoisotopic (exact) mass is 383 g/mol. The number of nitrogens with zero attached hydrogens (tertiary/aromatic N) is 3. The first-order valence-corrected chi connectivity index (χ1v) is 9.00. The molecule has 1 aromatic carbocycles. The molecule has 2 aromatic rings. The number of carbonyl (C=O) groups excluding carboxylic acids is 1. The molecule has 0 spiro atoms. The molecule has 1 fully saturated rings. The Morgan fingerprint density at radius 1 is 1.29 bits per heavy atom. The SMILES string of the molecule is CC(=O)N1CCC[C@H]1C1=Nc2ccc(-c3ccc(Br)cn3)cc2C1. The van der Waals surface area contributed by atoms with Crippen LogP contribution >= 0.6 is 15.9 Å². The lowest BCUT2D eigenvalue weighted by Crippen LogP contribution is -2.39. The maximum absolute atomic E-state index is 11.8. The molecule has 4 nitrogen and oxygen atoms in total. The van der Waals surface area contributed by atoms with Gasteiger partial charge in [-0.1, -0.05) is 6.07 Å². The number of amides is 1.